The van der Waals surface area contributed by atoms with E-state index in [0.29, 0.717) is 13.0 Å². The summed E-state index contributed by atoms with van der Waals surface area (Å²) in [6.45, 7) is 2.28. The van der Waals surface area contributed by atoms with Crippen LogP contribution >= 0.6 is 0 Å². The molecule has 0 spiro atoms. The Bertz CT molecular complexity index is 461. The highest BCUT2D eigenvalue weighted by Gasteiger charge is 2.35. The summed E-state index contributed by atoms with van der Waals surface area (Å²) in [6.07, 6.45) is 1.29. The lowest BCUT2D eigenvalue weighted by Gasteiger charge is -2.25. The largest absolute Gasteiger partial charge is 0.480 e. The van der Waals surface area contributed by atoms with Gasteiger partial charge in [-0.2, -0.15) is 0 Å². The summed E-state index contributed by atoms with van der Waals surface area (Å²) in [6, 6.07) is 8.32. The minimum atomic E-state index is -0.919. The first kappa shape index (κ1) is 13.4. The number of anilines is 1. The van der Waals surface area contributed by atoms with Crippen molar-refractivity contribution in [1.29, 1.82) is 0 Å². The van der Waals surface area contributed by atoms with Crippen molar-refractivity contribution in [2.24, 2.45) is 0 Å². The number of benzene rings is 1. The van der Waals surface area contributed by atoms with Crippen LogP contribution in [0.3, 0.4) is 0 Å². The maximum atomic E-state index is 12.3. The average molecular weight is 262 g/mol. The van der Waals surface area contributed by atoms with Gasteiger partial charge in [0.2, 0.25) is 5.91 Å². The fourth-order valence-electron chi connectivity index (χ4n) is 2.38. The van der Waals surface area contributed by atoms with Gasteiger partial charge < -0.3 is 15.3 Å². The number of carboxylic acid groups (broad SMARTS) is 1. The average Bonchev–Trinajstić information content (AvgIpc) is 2.88. The summed E-state index contributed by atoms with van der Waals surface area (Å²) in [7, 11) is 0. The second-order valence-electron chi connectivity index (χ2n) is 4.76. The molecule has 1 fully saturated rings. The van der Waals surface area contributed by atoms with Crippen molar-refractivity contribution in [3.05, 3.63) is 30.3 Å². The molecule has 1 amide bonds. The molecule has 0 aromatic heterocycles. The van der Waals surface area contributed by atoms with Crippen LogP contribution in [0.25, 0.3) is 0 Å². The molecular formula is C14H18N2O3. The molecule has 102 valence electrons. The highest BCUT2D eigenvalue weighted by molar-refractivity contribution is 5.89. The van der Waals surface area contributed by atoms with Crippen LogP contribution in [-0.2, 0) is 9.59 Å². The predicted octanol–water partition coefficient (Wildman–Crippen LogP) is 1.56. The number of amides is 1. The van der Waals surface area contributed by atoms with Gasteiger partial charge in [0, 0.05) is 12.2 Å². The van der Waals surface area contributed by atoms with Crippen molar-refractivity contribution < 1.29 is 14.7 Å². The number of aliphatic carboxylic acids is 1. The van der Waals surface area contributed by atoms with Gasteiger partial charge in [-0.15, -0.1) is 0 Å². The molecule has 1 heterocycles. The summed E-state index contributed by atoms with van der Waals surface area (Å²) in [4.78, 5) is 24.8. The summed E-state index contributed by atoms with van der Waals surface area (Å²) in [5, 5.41) is 12.2. The molecule has 0 saturated carbocycles. The normalized spacial score (nSPS) is 20.1. The highest BCUT2D eigenvalue weighted by Crippen LogP contribution is 2.19. The third kappa shape index (κ3) is 3.05. The van der Waals surface area contributed by atoms with E-state index in [1.54, 1.807) is 6.92 Å². The Morgan fingerprint density at radius 2 is 2.05 bits per heavy atom. The zero-order chi connectivity index (χ0) is 13.8. The number of hydrogen-bond donors (Lipinski definition) is 2. The number of para-hydroxylation sites is 1. The second-order valence-corrected chi connectivity index (χ2v) is 4.76. The minimum Gasteiger partial charge on any atom is -0.480 e. The van der Waals surface area contributed by atoms with E-state index in [1.165, 1.54) is 4.90 Å². The molecule has 0 unspecified atom stereocenters. The molecule has 1 saturated heterocycles. The molecule has 0 aliphatic carbocycles. The summed E-state index contributed by atoms with van der Waals surface area (Å²) in [5.41, 5.74) is 0.856. The molecular weight excluding hydrogens is 244 g/mol. The van der Waals surface area contributed by atoms with Gasteiger partial charge in [0.15, 0.2) is 0 Å². The Hall–Kier alpha value is -2.04. The van der Waals surface area contributed by atoms with Crippen LogP contribution in [0.2, 0.25) is 0 Å². The van der Waals surface area contributed by atoms with E-state index in [0.717, 1.165) is 12.1 Å². The lowest BCUT2D eigenvalue weighted by Crippen LogP contribution is -2.46. The number of carbonyl (C=O) groups excluding carboxylic acids is 1. The van der Waals surface area contributed by atoms with Gasteiger partial charge in [0.05, 0.1) is 0 Å². The smallest absolute Gasteiger partial charge is 0.326 e. The maximum Gasteiger partial charge on any atom is 0.326 e. The van der Waals surface area contributed by atoms with Gasteiger partial charge in [-0.05, 0) is 31.9 Å². The van der Waals surface area contributed by atoms with Gasteiger partial charge in [-0.1, -0.05) is 18.2 Å². The molecule has 5 nitrogen and oxygen atoms in total. The molecule has 0 bridgehead atoms. The lowest BCUT2D eigenvalue weighted by molar-refractivity contribution is -0.148. The van der Waals surface area contributed by atoms with Crippen LogP contribution in [-0.4, -0.2) is 40.5 Å². The van der Waals surface area contributed by atoms with Crippen LogP contribution in [0, 0.1) is 0 Å². The van der Waals surface area contributed by atoms with E-state index in [9.17, 15) is 9.59 Å². The Balaban J connectivity index is 2.01. The molecule has 19 heavy (non-hydrogen) atoms. The van der Waals surface area contributed by atoms with E-state index in [-0.39, 0.29) is 5.91 Å². The van der Waals surface area contributed by atoms with Crippen molar-refractivity contribution in [1.82, 2.24) is 4.90 Å². The molecule has 5 heteroatoms. The van der Waals surface area contributed by atoms with Crippen molar-refractivity contribution >= 4 is 17.6 Å². The molecule has 1 aliphatic rings. The summed E-state index contributed by atoms with van der Waals surface area (Å²) >= 11 is 0. The van der Waals surface area contributed by atoms with Gasteiger partial charge >= 0.3 is 5.97 Å². The number of carboxylic acids is 1. The Morgan fingerprint density at radius 1 is 1.37 bits per heavy atom. The third-order valence-corrected chi connectivity index (χ3v) is 3.35. The van der Waals surface area contributed by atoms with E-state index < -0.39 is 18.1 Å². The van der Waals surface area contributed by atoms with Crippen molar-refractivity contribution in [3.63, 3.8) is 0 Å². The zero-order valence-corrected chi connectivity index (χ0v) is 10.9. The first-order valence-electron chi connectivity index (χ1n) is 6.44. The summed E-state index contributed by atoms with van der Waals surface area (Å²) in [5.74, 6) is -1.08. The Kier molecular flexibility index (Phi) is 4.04. The number of nitrogens with one attached hydrogen (secondary N) is 1. The van der Waals surface area contributed by atoms with Crippen molar-refractivity contribution in [2.75, 3.05) is 11.9 Å². The van der Waals surface area contributed by atoms with Crippen LogP contribution in [0.4, 0.5) is 5.69 Å². The molecule has 2 rings (SSSR count). The van der Waals surface area contributed by atoms with E-state index in [2.05, 4.69) is 5.32 Å². The van der Waals surface area contributed by atoms with E-state index >= 15 is 0 Å². The number of hydrogen-bond acceptors (Lipinski definition) is 3. The van der Waals surface area contributed by atoms with Gasteiger partial charge in [-0.25, -0.2) is 4.79 Å². The molecule has 2 atom stereocenters. The van der Waals surface area contributed by atoms with Crippen LogP contribution in [0.1, 0.15) is 19.8 Å². The standard InChI is InChI=1S/C14H18N2O3/c1-10(15-11-6-3-2-4-7-11)13(17)16-9-5-8-12(16)14(18)19/h2-4,6-7,10,12,15H,5,8-9H2,1H3,(H,18,19)/t10-,12-/m0/s1. The van der Waals surface area contributed by atoms with Crippen molar-refractivity contribution in [2.45, 2.75) is 31.8 Å². The molecule has 1 aromatic carbocycles. The lowest BCUT2D eigenvalue weighted by atomic mass is 10.2. The number of rotatable bonds is 4. The molecule has 2 N–H and O–H groups in total. The van der Waals surface area contributed by atoms with Gasteiger partial charge in [0.25, 0.3) is 0 Å². The first-order valence-corrected chi connectivity index (χ1v) is 6.44. The Morgan fingerprint density at radius 3 is 2.68 bits per heavy atom. The maximum absolute atomic E-state index is 12.3. The van der Waals surface area contributed by atoms with Crippen LogP contribution in [0.15, 0.2) is 30.3 Å². The van der Waals surface area contributed by atoms with Crippen LogP contribution < -0.4 is 5.32 Å². The highest BCUT2D eigenvalue weighted by atomic mass is 16.4. The minimum absolute atomic E-state index is 0.159. The number of nitrogens with zero attached hydrogens (tertiary/aromatic N) is 1. The predicted molar refractivity (Wildman–Crippen MR) is 71.9 cm³/mol. The molecule has 0 radical (unpaired) electrons. The second kappa shape index (κ2) is 5.73. The van der Waals surface area contributed by atoms with E-state index in [1.807, 2.05) is 30.3 Å². The topological polar surface area (TPSA) is 69.6 Å². The molecule has 1 aromatic rings. The SMILES string of the molecule is C[C@H](Nc1ccccc1)C(=O)N1CCC[C@H]1C(=O)O. The fraction of sp³-hybridized carbons (Fsp3) is 0.429. The van der Waals surface area contributed by atoms with Crippen molar-refractivity contribution in [3.8, 4) is 0 Å². The number of carbonyl (C=O) groups is 2. The number of likely N-dealkylation sites (tertiary alicyclic amines) is 1. The Labute approximate surface area is 112 Å². The zero-order valence-electron chi connectivity index (χ0n) is 10.9. The monoisotopic (exact) mass is 262 g/mol. The first-order chi connectivity index (χ1) is 9.09. The molecule has 1 aliphatic heterocycles. The third-order valence-electron chi connectivity index (χ3n) is 3.35. The van der Waals surface area contributed by atoms with Crippen LogP contribution in [0.5, 0.6) is 0 Å². The quantitative estimate of drug-likeness (QED) is 0.864. The van der Waals surface area contributed by atoms with E-state index in [4.69, 9.17) is 5.11 Å². The van der Waals surface area contributed by atoms with Gasteiger partial charge in [0.1, 0.15) is 12.1 Å². The fourth-order valence-corrected chi connectivity index (χ4v) is 2.38. The van der Waals surface area contributed by atoms with Gasteiger partial charge in [-0.3, -0.25) is 4.79 Å². The summed E-state index contributed by atoms with van der Waals surface area (Å²) < 4.78 is 0.